The molecule has 1 rings (SSSR count). The fourth-order valence-corrected chi connectivity index (χ4v) is 1.57. The third kappa shape index (κ3) is 5.77. The Morgan fingerprint density at radius 1 is 1.40 bits per heavy atom. The van der Waals surface area contributed by atoms with Crippen molar-refractivity contribution in [2.45, 2.75) is 33.7 Å². The molecule has 6 nitrogen and oxygen atoms in total. The Balaban J connectivity index is 2.54. The highest BCUT2D eigenvalue weighted by Gasteiger charge is 2.06. The van der Waals surface area contributed by atoms with Crippen LogP contribution >= 0.6 is 0 Å². The van der Waals surface area contributed by atoms with Crippen molar-refractivity contribution in [2.75, 3.05) is 13.1 Å². The Bertz CT molecular complexity index is 452. The molecule has 0 aliphatic rings. The summed E-state index contributed by atoms with van der Waals surface area (Å²) in [6.45, 7) is 8.40. The molecule has 0 aliphatic heterocycles. The Morgan fingerprint density at radius 3 is 2.70 bits per heavy atom. The monoisotopic (exact) mass is 280 g/mol. The first-order chi connectivity index (χ1) is 9.52. The van der Waals surface area contributed by atoms with Crippen LogP contribution in [0.15, 0.2) is 21.5 Å². The SMILES string of the molecule is CCNC(=NCc1ccc(C(N)=O)o1)NCCC(C)C. The van der Waals surface area contributed by atoms with E-state index in [1.54, 1.807) is 12.1 Å². The third-order valence-electron chi connectivity index (χ3n) is 2.66. The molecule has 4 N–H and O–H groups in total. The molecule has 112 valence electrons. The number of hydrogen-bond donors (Lipinski definition) is 3. The largest absolute Gasteiger partial charge is 0.454 e. The first-order valence-electron chi connectivity index (χ1n) is 6.93. The number of nitrogens with two attached hydrogens (primary N) is 1. The molecule has 1 aromatic heterocycles. The predicted octanol–water partition coefficient (Wildman–Crippen LogP) is 1.48. The van der Waals surface area contributed by atoms with Gasteiger partial charge in [0.15, 0.2) is 11.7 Å². The van der Waals surface area contributed by atoms with Gasteiger partial charge in [-0.1, -0.05) is 13.8 Å². The molecule has 0 spiro atoms. The summed E-state index contributed by atoms with van der Waals surface area (Å²) in [4.78, 5) is 15.3. The molecule has 0 saturated carbocycles. The second-order valence-electron chi connectivity index (χ2n) is 4.93. The van der Waals surface area contributed by atoms with Crippen LogP contribution in [0, 0.1) is 5.92 Å². The van der Waals surface area contributed by atoms with Gasteiger partial charge < -0.3 is 20.8 Å². The van der Waals surface area contributed by atoms with Crippen LogP contribution in [-0.4, -0.2) is 25.0 Å². The van der Waals surface area contributed by atoms with Crippen molar-refractivity contribution in [1.29, 1.82) is 0 Å². The van der Waals surface area contributed by atoms with Crippen LogP contribution in [0.4, 0.5) is 0 Å². The number of carbonyl (C=O) groups excluding carboxylic acids is 1. The van der Waals surface area contributed by atoms with Crippen LogP contribution in [0.5, 0.6) is 0 Å². The molecule has 0 unspecified atom stereocenters. The lowest BCUT2D eigenvalue weighted by Crippen LogP contribution is -2.38. The molecule has 0 aliphatic carbocycles. The molecule has 0 fully saturated rings. The van der Waals surface area contributed by atoms with E-state index in [-0.39, 0.29) is 5.76 Å². The molecule has 6 heteroatoms. The van der Waals surface area contributed by atoms with E-state index in [4.69, 9.17) is 10.2 Å². The molecule has 0 saturated heterocycles. The number of furan rings is 1. The summed E-state index contributed by atoms with van der Waals surface area (Å²) in [5.41, 5.74) is 5.13. The van der Waals surface area contributed by atoms with Gasteiger partial charge in [-0.15, -0.1) is 0 Å². The smallest absolute Gasteiger partial charge is 0.284 e. The number of carbonyl (C=O) groups is 1. The quantitative estimate of drug-likeness (QED) is 0.521. The second-order valence-corrected chi connectivity index (χ2v) is 4.93. The minimum Gasteiger partial charge on any atom is -0.454 e. The summed E-state index contributed by atoms with van der Waals surface area (Å²) in [6, 6.07) is 3.27. The molecule has 1 aromatic rings. The number of amides is 1. The van der Waals surface area contributed by atoms with E-state index < -0.39 is 5.91 Å². The Hall–Kier alpha value is -1.98. The van der Waals surface area contributed by atoms with Crippen molar-refractivity contribution in [1.82, 2.24) is 10.6 Å². The minimum absolute atomic E-state index is 0.160. The fraction of sp³-hybridized carbons (Fsp3) is 0.571. The number of aliphatic imine (C=N–C) groups is 1. The van der Waals surface area contributed by atoms with Gasteiger partial charge in [0.05, 0.1) is 0 Å². The number of guanidine groups is 1. The number of nitrogens with one attached hydrogen (secondary N) is 2. The van der Waals surface area contributed by atoms with E-state index >= 15 is 0 Å². The first kappa shape index (κ1) is 16.1. The normalized spacial score (nSPS) is 11.7. The highest BCUT2D eigenvalue weighted by molar-refractivity contribution is 5.89. The molecule has 20 heavy (non-hydrogen) atoms. The topological polar surface area (TPSA) is 92.6 Å². The van der Waals surface area contributed by atoms with Crippen LogP contribution in [0.3, 0.4) is 0 Å². The summed E-state index contributed by atoms with van der Waals surface area (Å²) in [7, 11) is 0. The van der Waals surface area contributed by atoms with Crippen LogP contribution in [-0.2, 0) is 6.54 Å². The van der Waals surface area contributed by atoms with Gasteiger partial charge in [-0.2, -0.15) is 0 Å². The molecule has 1 amide bonds. The predicted molar refractivity (Wildman–Crippen MR) is 79.5 cm³/mol. The van der Waals surface area contributed by atoms with Crippen molar-refractivity contribution >= 4 is 11.9 Å². The molecule has 0 aromatic carbocycles. The van der Waals surface area contributed by atoms with Gasteiger partial charge in [0.2, 0.25) is 0 Å². The van der Waals surface area contributed by atoms with E-state index in [1.807, 2.05) is 6.92 Å². The lowest BCUT2D eigenvalue weighted by atomic mass is 10.1. The van der Waals surface area contributed by atoms with E-state index in [1.165, 1.54) is 0 Å². The number of rotatable bonds is 7. The average molecular weight is 280 g/mol. The van der Waals surface area contributed by atoms with Crippen molar-refractivity contribution in [3.8, 4) is 0 Å². The zero-order valence-corrected chi connectivity index (χ0v) is 12.4. The molecular formula is C14H24N4O2. The summed E-state index contributed by atoms with van der Waals surface area (Å²) < 4.78 is 5.28. The Labute approximate surface area is 119 Å². The van der Waals surface area contributed by atoms with Gasteiger partial charge in [-0.25, -0.2) is 4.99 Å². The van der Waals surface area contributed by atoms with Crippen molar-refractivity contribution in [3.05, 3.63) is 23.7 Å². The minimum atomic E-state index is -0.567. The number of nitrogens with zero attached hydrogens (tertiary/aromatic N) is 1. The number of hydrogen-bond acceptors (Lipinski definition) is 3. The molecular weight excluding hydrogens is 256 g/mol. The molecule has 0 bridgehead atoms. The molecule has 1 heterocycles. The zero-order valence-electron chi connectivity index (χ0n) is 12.4. The number of primary amides is 1. The standard InChI is InChI=1S/C14H24N4O2/c1-4-16-14(17-8-7-10(2)3)18-9-11-5-6-12(20-11)13(15)19/h5-6,10H,4,7-9H2,1-3H3,(H2,15,19)(H2,16,17,18). The lowest BCUT2D eigenvalue weighted by molar-refractivity contribution is 0.0972. The molecule has 0 radical (unpaired) electrons. The van der Waals surface area contributed by atoms with Gasteiger partial charge in [0.25, 0.3) is 5.91 Å². The summed E-state index contributed by atoms with van der Waals surface area (Å²) in [5, 5.41) is 6.42. The highest BCUT2D eigenvalue weighted by Crippen LogP contribution is 2.08. The molecule has 0 atom stereocenters. The van der Waals surface area contributed by atoms with E-state index in [0.29, 0.717) is 18.2 Å². The lowest BCUT2D eigenvalue weighted by Gasteiger charge is -2.11. The Morgan fingerprint density at radius 2 is 2.15 bits per heavy atom. The van der Waals surface area contributed by atoms with Gasteiger partial charge in [0, 0.05) is 13.1 Å². The van der Waals surface area contributed by atoms with Crippen molar-refractivity contribution in [3.63, 3.8) is 0 Å². The maximum atomic E-state index is 10.9. The third-order valence-corrected chi connectivity index (χ3v) is 2.66. The van der Waals surface area contributed by atoms with Gasteiger partial charge in [-0.3, -0.25) is 4.79 Å². The average Bonchev–Trinajstić information content (AvgIpc) is 2.84. The van der Waals surface area contributed by atoms with Crippen LogP contribution in [0.2, 0.25) is 0 Å². The van der Waals surface area contributed by atoms with E-state index in [2.05, 4.69) is 29.5 Å². The Kier molecular flexibility index (Phi) is 6.63. The zero-order chi connectivity index (χ0) is 15.0. The van der Waals surface area contributed by atoms with E-state index in [0.717, 1.165) is 25.5 Å². The summed E-state index contributed by atoms with van der Waals surface area (Å²) in [6.07, 6.45) is 1.08. The maximum Gasteiger partial charge on any atom is 0.284 e. The summed E-state index contributed by atoms with van der Waals surface area (Å²) >= 11 is 0. The fourth-order valence-electron chi connectivity index (χ4n) is 1.57. The van der Waals surface area contributed by atoms with Crippen LogP contribution in [0.25, 0.3) is 0 Å². The highest BCUT2D eigenvalue weighted by atomic mass is 16.3. The van der Waals surface area contributed by atoms with Crippen molar-refractivity contribution in [2.24, 2.45) is 16.6 Å². The van der Waals surface area contributed by atoms with Crippen molar-refractivity contribution < 1.29 is 9.21 Å². The maximum absolute atomic E-state index is 10.9. The van der Waals surface area contributed by atoms with Gasteiger partial charge >= 0.3 is 0 Å². The van der Waals surface area contributed by atoms with Gasteiger partial charge in [-0.05, 0) is 31.4 Å². The van der Waals surface area contributed by atoms with Gasteiger partial charge in [0.1, 0.15) is 12.3 Å². The van der Waals surface area contributed by atoms with Crippen LogP contribution < -0.4 is 16.4 Å². The first-order valence-corrected chi connectivity index (χ1v) is 6.93. The summed E-state index contributed by atoms with van der Waals surface area (Å²) in [5.74, 6) is 1.59. The second kappa shape index (κ2) is 8.24. The van der Waals surface area contributed by atoms with E-state index in [9.17, 15) is 4.79 Å². The van der Waals surface area contributed by atoms with Crippen LogP contribution in [0.1, 0.15) is 43.5 Å².